The Morgan fingerprint density at radius 2 is 1.84 bits per heavy atom. The molecule has 0 aliphatic carbocycles. The van der Waals surface area contributed by atoms with E-state index in [1.54, 1.807) is 31.2 Å². The van der Waals surface area contributed by atoms with Gasteiger partial charge in [-0.25, -0.2) is 4.99 Å². The Bertz CT molecular complexity index is 609. The van der Waals surface area contributed by atoms with Gasteiger partial charge in [-0.1, -0.05) is 0 Å². The van der Waals surface area contributed by atoms with Crippen molar-refractivity contribution >= 4 is 11.7 Å². The Kier molecular flexibility index (Phi) is 3.70. The maximum absolute atomic E-state index is 9.24. The zero-order valence-corrected chi connectivity index (χ0v) is 11.0. The summed E-state index contributed by atoms with van der Waals surface area (Å²) >= 11 is 0. The fourth-order valence-electron chi connectivity index (χ4n) is 1.50. The monoisotopic (exact) mass is 258 g/mol. The fourth-order valence-corrected chi connectivity index (χ4v) is 1.50. The number of nitrogens with zero attached hydrogens (tertiary/aromatic N) is 4. The van der Waals surface area contributed by atoms with Crippen LogP contribution in [0.15, 0.2) is 29.3 Å². The summed E-state index contributed by atoms with van der Waals surface area (Å²) in [7, 11) is 1.50. The second-order valence-electron chi connectivity index (χ2n) is 3.91. The van der Waals surface area contributed by atoms with Gasteiger partial charge in [-0.3, -0.25) is 0 Å². The first kappa shape index (κ1) is 12.9. The predicted molar refractivity (Wildman–Crippen MR) is 71.1 cm³/mol. The van der Waals surface area contributed by atoms with Gasteiger partial charge >= 0.3 is 6.01 Å². The van der Waals surface area contributed by atoms with Crippen LogP contribution in [0.25, 0.3) is 0 Å². The van der Waals surface area contributed by atoms with E-state index >= 15 is 0 Å². The van der Waals surface area contributed by atoms with Crippen molar-refractivity contribution in [3.8, 4) is 11.8 Å². The van der Waals surface area contributed by atoms with E-state index in [0.717, 1.165) is 11.3 Å². The predicted octanol–water partition coefficient (Wildman–Crippen LogP) is 2.03. The van der Waals surface area contributed by atoms with Crippen LogP contribution in [0.2, 0.25) is 0 Å². The summed E-state index contributed by atoms with van der Waals surface area (Å²) in [6, 6.07) is 7.00. The lowest BCUT2D eigenvalue weighted by molar-refractivity contribution is 0.377. The summed E-state index contributed by atoms with van der Waals surface area (Å²) in [5.74, 6) is 1.06. The fraction of sp³-hybridized carbons (Fsp3) is 0.231. The second kappa shape index (κ2) is 5.43. The van der Waals surface area contributed by atoms with Gasteiger partial charge in [0.15, 0.2) is 0 Å². The van der Waals surface area contributed by atoms with Crippen LogP contribution in [0.1, 0.15) is 18.3 Å². The van der Waals surface area contributed by atoms with Crippen LogP contribution >= 0.6 is 0 Å². The van der Waals surface area contributed by atoms with Gasteiger partial charge in [0.2, 0.25) is 0 Å². The highest BCUT2D eigenvalue weighted by Gasteiger charge is 2.04. The molecule has 0 atom stereocenters. The highest BCUT2D eigenvalue weighted by molar-refractivity contribution is 5.99. The Morgan fingerprint density at radius 1 is 1.16 bits per heavy atom. The van der Waals surface area contributed by atoms with Crippen molar-refractivity contribution in [3.63, 3.8) is 0 Å². The molecule has 1 aromatic heterocycles. The Balaban J connectivity index is 2.34. The van der Waals surface area contributed by atoms with Crippen LogP contribution in [-0.4, -0.2) is 32.9 Å². The van der Waals surface area contributed by atoms with Crippen LogP contribution in [0.4, 0.5) is 5.95 Å². The number of hydrogen-bond donors (Lipinski definition) is 1. The lowest BCUT2D eigenvalue weighted by Gasteiger charge is -2.02. The van der Waals surface area contributed by atoms with E-state index in [9.17, 15) is 5.11 Å². The number of rotatable bonds is 3. The minimum absolute atomic E-state index is 0.217. The molecular formula is C13H14N4O2. The molecule has 19 heavy (non-hydrogen) atoms. The van der Waals surface area contributed by atoms with Gasteiger partial charge in [-0.2, -0.15) is 15.0 Å². The standard InChI is InChI=1S/C13H14N4O2/c1-8(10-4-6-11(18)7-5-10)14-12-15-9(2)16-13(17-12)19-3/h4-7,18H,1-3H3/b14-8+. The molecule has 0 aliphatic rings. The maximum Gasteiger partial charge on any atom is 0.321 e. The van der Waals surface area contributed by atoms with Gasteiger partial charge in [0.1, 0.15) is 11.6 Å². The largest absolute Gasteiger partial charge is 0.508 e. The Labute approximate surface area is 110 Å². The zero-order valence-electron chi connectivity index (χ0n) is 11.0. The van der Waals surface area contributed by atoms with E-state index in [-0.39, 0.29) is 11.8 Å². The Hall–Kier alpha value is -2.50. The molecule has 0 saturated carbocycles. The average molecular weight is 258 g/mol. The molecule has 0 saturated heterocycles. The van der Waals surface area contributed by atoms with Gasteiger partial charge in [-0.15, -0.1) is 0 Å². The molecule has 0 unspecified atom stereocenters. The SMILES string of the molecule is COc1nc(C)nc(/N=C(\C)c2ccc(O)cc2)n1. The molecular weight excluding hydrogens is 244 g/mol. The van der Waals surface area contributed by atoms with E-state index in [2.05, 4.69) is 19.9 Å². The molecule has 0 radical (unpaired) electrons. The summed E-state index contributed by atoms with van der Waals surface area (Å²) in [5.41, 5.74) is 1.63. The number of ether oxygens (including phenoxy) is 1. The highest BCUT2D eigenvalue weighted by atomic mass is 16.5. The number of aromatic hydroxyl groups is 1. The molecule has 0 fully saturated rings. The molecule has 0 bridgehead atoms. The van der Waals surface area contributed by atoms with E-state index in [4.69, 9.17) is 4.74 Å². The molecule has 0 amide bonds. The van der Waals surface area contributed by atoms with Crippen molar-refractivity contribution in [1.82, 2.24) is 15.0 Å². The quantitative estimate of drug-likeness (QED) is 0.852. The summed E-state index contributed by atoms with van der Waals surface area (Å²) in [6.45, 7) is 3.59. The van der Waals surface area contributed by atoms with Crippen LogP contribution in [0.5, 0.6) is 11.8 Å². The number of phenols is 1. The van der Waals surface area contributed by atoms with Crippen molar-refractivity contribution in [2.45, 2.75) is 13.8 Å². The highest BCUT2D eigenvalue weighted by Crippen LogP contribution is 2.14. The van der Waals surface area contributed by atoms with E-state index in [1.807, 2.05) is 6.92 Å². The molecule has 1 N–H and O–H groups in total. The third-order valence-corrected chi connectivity index (χ3v) is 2.45. The lowest BCUT2D eigenvalue weighted by atomic mass is 10.1. The first-order valence-electron chi connectivity index (χ1n) is 5.70. The number of methoxy groups -OCH3 is 1. The molecule has 98 valence electrons. The van der Waals surface area contributed by atoms with Crippen molar-refractivity contribution < 1.29 is 9.84 Å². The van der Waals surface area contributed by atoms with Crippen LogP contribution in [-0.2, 0) is 0 Å². The number of phenolic OH excluding ortho intramolecular Hbond substituents is 1. The summed E-state index contributed by atoms with van der Waals surface area (Å²) in [6.07, 6.45) is 0. The minimum Gasteiger partial charge on any atom is -0.508 e. The van der Waals surface area contributed by atoms with Gasteiger partial charge in [0, 0.05) is 5.71 Å². The molecule has 0 aliphatic heterocycles. The van der Waals surface area contributed by atoms with Crippen LogP contribution in [0, 0.1) is 6.92 Å². The number of aryl methyl sites for hydroxylation is 1. The summed E-state index contributed by atoms with van der Waals surface area (Å²) in [4.78, 5) is 16.5. The van der Waals surface area contributed by atoms with Crippen LogP contribution in [0.3, 0.4) is 0 Å². The normalized spacial score (nSPS) is 11.4. The van der Waals surface area contributed by atoms with E-state index in [1.165, 1.54) is 7.11 Å². The molecule has 1 heterocycles. The minimum atomic E-state index is 0.217. The maximum atomic E-state index is 9.24. The van der Waals surface area contributed by atoms with E-state index in [0.29, 0.717) is 11.8 Å². The zero-order chi connectivity index (χ0) is 13.8. The number of aliphatic imine (C=N–C) groups is 1. The second-order valence-corrected chi connectivity index (χ2v) is 3.91. The number of benzene rings is 1. The first-order chi connectivity index (χ1) is 9.08. The van der Waals surface area contributed by atoms with Crippen molar-refractivity contribution in [3.05, 3.63) is 35.7 Å². The van der Waals surface area contributed by atoms with Crippen molar-refractivity contribution in [2.24, 2.45) is 4.99 Å². The van der Waals surface area contributed by atoms with E-state index < -0.39 is 0 Å². The topological polar surface area (TPSA) is 80.5 Å². The summed E-state index contributed by atoms with van der Waals surface area (Å²) < 4.78 is 4.97. The molecule has 2 rings (SSSR count). The van der Waals surface area contributed by atoms with Gasteiger partial charge in [0.05, 0.1) is 7.11 Å². The lowest BCUT2D eigenvalue weighted by Crippen LogP contribution is -1.99. The van der Waals surface area contributed by atoms with Gasteiger partial charge < -0.3 is 9.84 Å². The average Bonchev–Trinajstić information content (AvgIpc) is 2.38. The molecule has 1 aromatic carbocycles. The summed E-state index contributed by atoms with van der Waals surface area (Å²) in [5, 5.41) is 9.24. The smallest absolute Gasteiger partial charge is 0.321 e. The van der Waals surface area contributed by atoms with Crippen molar-refractivity contribution in [2.75, 3.05) is 7.11 Å². The third-order valence-electron chi connectivity index (χ3n) is 2.45. The number of aromatic nitrogens is 3. The third kappa shape index (κ3) is 3.25. The molecule has 6 nitrogen and oxygen atoms in total. The molecule has 0 spiro atoms. The van der Waals surface area contributed by atoms with Gasteiger partial charge in [0.25, 0.3) is 5.95 Å². The van der Waals surface area contributed by atoms with Gasteiger partial charge in [-0.05, 0) is 43.7 Å². The number of hydrogen-bond acceptors (Lipinski definition) is 6. The van der Waals surface area contributed by atoms with Crippen LogP contribution < -0.4 is 4.74 Å². The molecule has 6 heteroatoms. The first-order valence-corrected chi connectivity index (χ1v) is 5.70. The molecule has 2 aromatic rings. The van der Waals surface area contributed by atoms with Crippen molar-refractivity contribution in [1.29, 1.82) is 0 Å². The Morgan fingerprint density at radius 3 is 2.47 bits per heavy atom.